The summed E-state index contributed by atoms with van der Waals surface area (Å²) in [5, 5.41) is 11.7. The molecule has 5 heteroatoms. The van der Waals surface area contributed by atoms with E-state index >= 15 is 0 Å². The molecule has 0 spiro atoms. The molecule has 4 nitrogen and oxygen atoms in total. The maximum atomic E-state index is 12.3. The van der Waals surface area contributed by atoms with E-state index in [1.807, 2.05) is 6.07 Å². The van der Waals surface area contributed by atoms with Crippen LogP contribution >= 0.6 is 11.3 Å². The predicted molar refractivity (Wildman–Crippen MR) is 108 cm³/mol. The van der Waals surface area contributed by atoms with Gasteiger partial charge in [-0.3, -0.25) is 4.79 Å². The first-order chi connectivity index (χ1) is 12.6. The number of fused-ring (bicyclic) bond motifs is 2. The zero-order chi connectivity index (χ0) is 18.5. The quantitative estimate of drug-likeness (QED) is 0.822. The van der Waals surface area contributed by atoms with Crippen molar-refractivity contribution in [3.63, 3.8) is 0 Å². The molecule has 0 atom stereocenters. The van der Waals surface area contributed by atoms with Crippen LogP contribution in [-0.2, 0) is 12.8 Å². The van der Waals surface area contributed by atoms with Crippen molar-refractivity contribution in [3.05, 3.63) is 62.9 Å². The molecule has 1 amide bonds. The van der Waals surface area contributed by atoms with Gasteiger partial charge < -0.3 is 15.3 Å². The fourth-order valence-corrected chi connectivity index (χ4v) is 4.45. The van der Waals surface area contributed by atoms with Gasteiger partial charge in [0.05, 0.1) is 11.5 Å². The van der Waals surface area contributed by atoms with Crippen LogP contribution in [0, 0.1) is 0 Å². The second-order valence-corrected chi connectivity index (χ2v) is 7.86. The average Bonchev–Trinajstić information content (AvgIpc) is 3.00. The van der Waals surface area contributed by atoms with E-state index in [0.29, 0.717) is 0 Å². The van der Waals surface area contributed by atoms with Gasteiger partial charge in [-0.05, 0) is 61.7 Å². The largest absolute Gasteiger partial charge is 0.395 e. The summed E-state index contributed by atoms with van der Waals surface area (Å²) in [7, 11) is 4.17. The Kier molecular flexibility index (Phi) is 6.25. The molecule has 1 heterocycles. The standard InChI is InChI=1S/C21H26N2O2S/c1-23(2)12-5-8-18-17-7-4-3-6-15(17)9-10-16-14-19(26-20(16)18)21(25)22-11-13-24/h3-4,6-8,14,24H,5,9-13H2,1-2H3,(H,22,25)/b18-8+. The molecule has 0 saturated carbocycles. The number of aliphatic hydroxyl groups excluding tert-OH is 1. The molecule has 1 aromatic heterocycles. The second-order valence-electron chi connectivity index (χ2n) is 6.81. The van der Waals surface area contributed by atoms with Gasteiger partial charge in [-0.25, -0.2) is 0 Å². The van der Waals surface area contributed by atoms with Crippen LogP contribution in [0.15, 0.2) is 36.4 Å². The molecule has 26 heavy (non-hydrogen) atoms. The van der Waals surface area contributed by atoms with Crippen molar-refractivity contribution in [1.82, 2.24) is 10.2 Å². The monoisotopic (exact) mass is 370 g/mol. The summed E-state index contributed by atoms with van der Waals surface area (Å²) in [4.78, 5) is 16.4. The minimum absolute atomic E-state index is 0.0418. The van der Waals surface area contributed by atoms with E-state index in [4.69, 9.17) is 5.11 Å². The van der Waals surface area contributed by atoms with Gasteiger partial charge in [-0.1, -0.05) is 30.3 Å². The van der Waals surface area contributed by atoms with Crippen LogP contribution in [0.4, 0.5) is 0 Å². The number of nitrogens with one attached hydrogen (secondary N) is 1. The topological polar surface area (TPSA) is 52.6 Å². The van der Waals surface area contributed by atoms with Crippen molar-refractivity contribution in [1.29, 1.82) is 0 Å². The highest BCUT2D eigenvalue weighted by Gasteiger charge is 2.22. The van der Waals surface area contributed by atoms with Gasteiger partial charge in [-0.2, -0.15) is 0 Å². The Balaban J connectivity index is 1.99. The third-order valence-electron chi connectivity index (χ3n) is 4.57. The van der Waals surface area contributed by atoms with Crippen LogP contribution in [0.5, 0.6) is 0 Å². The Labute approximate surface area is 159 Å². The van der Waals surface area contributed by atoms with E-state index < -0.39 is 0 Å². The molecule has 0 unspecified atom stereocenters. The van der Waals surface area contributed by atoms with Crippen molar-refractivity contribution in [2.24, 2.45) is 0 Å². The SMILES string of the molecule is CN(C)CC/C=C1\c2ccccc2CCc2cc(C(=O)NCCO)sc21. The number of hydrogen-bond donors (Lipinski definition) is 2. The number of nitrogens with zero attached hydrogens (tertiary/aromatic N) is 1. The third kappa shape index (κ3) is 4.23. The smallest absolute Gasteiger partial charge is 0.261 e. The zero-order valence-electron chi connectivity index (χ0n) is 15.4. The summed E-state index contributed by atoms with van der Waals surface area (Å²) in [5.74, 6) is -0.0990. The minimum atomic E-state index is -0.0990. The molecule has 0 fully saturated rings. The van der Waals surface area contributed by atoms with Crippen LogP contribution < -0.4 is 5.32 Å². The van der Waals surface area contributed by atoms with E-state index in [0.717, 1.165) is 30.7 Å². The molecule has 1 aromatic carbocycles. The van der Waals surface area contributed by atoms with Crippen molar-refractivity contribution in [2.75, 3.05) is 33.8 Å². The molecule has 0 saturated heterocycles. The van der Waals surface area contributed by atoms with Crippen molar-refractivity contribution < 1.29 is 9.90 Å². The van der Waals surface area contributed by atoms with Gasteiger partial charge in [0, 0.05) is 18.0 Å². The Bertz CT molecular complexity index is 808. The van der Waals surface area contributed by atoms with Crippen molar-refractivity contribution in [2.45, 2.75) is 19.3 Å². The Morgan fingerprint density at radius 1 is 1.27 bits per heavy atom. The number of aryl methyl sites for hydroxylation is 2. The fourth-order valence-electron chi connectivity index (χ4n) is 3.27. The van der Waals surface area contributed by atoms with E-state index in [9.17, 15) is 4.79 Å². The van der Waals surface area contributed by atoms with Crippen LogP contribution in [0.2, 0.25) is 0 Å². The number of benzene rings is 1. The molecule has 2 N–H and O–H groups in total. The first-order valence-corrected chi connectivity index (χ1v) is 9.87. The predicted octanol–water partition coefficient (Wildman–Crippen LogP) is 2.95. The van der Waals surface area contributed by atoms with Crippen LogP contribution in [0.25, 0.3) is 5.57 Å². The van der Waals surface area contributed by atoms with Crippen molar-refractivity contribution in [3.8, 4) is 0 Å². The summed E-state index contributed by atoms with van der Waals surface area (Å²) in [6.45, 7) is 1.24. The minimum Gasteiger partial charge on any atom is -0.395 e. The lowest BCUT2D eigenvalue weighted by molar-refractivity contribution is 0.0949. The lowest BCUT2D eigenvalue weighted by Gasteiger charge is -2.11. The molecular formula is C21H26N2O2S. The number of aliphatic hydroxyl groups is 1. The first kappa shape index (κ1) is 18.8. The first-order valence-electron chi connectivity index (χ1n) is 9.05. The van der Waals surface area contributed by atoms with Gasteiger partial charge >= 0.3 is 0 Å². The summed E-state index contributed by atoms with van der Waals surface area (Å²) >= 11 is 1.56. The molecular weight excluding hydrogens is 344 g/mol. The number of rotatable bonds is 6. The summed E-state index contributed by atoms with van der Waals surface area (Å²) in [6, 6.07) is 10.6. The summed E-state index contributed by atoms with van der Waals surface area (Å²) in [5.41, 5.74) is 5.16. The van der Waals surface area contributed by atoms with Crippen LogP contribution in [0.1, 0.15) is 37.7 Å². The highest BCUT2D eigenvalue weighted by atomic mass is 32.1. The molecule has 0 bridgehead atoms. The van der Waals surface area contributed by atoms with Gasteiger partial charge in [0.15, 0.2) is 0 Å². The van der Waals surface area contributed by atoms with E-state index in [1.165, 1.54) is 27.1 Å². The number of carbonyl (C=O) groups excluding carboxylic acids is 1. The fraction of sp³-hybridized carbons (Fsp3) is 0.381. The van der Waals surface area contributed by atoms with E-state index in [-0.39, 0.29) is 19.1 Å². The highest BCUT2D eigenvalue weighted by molar-refractivity contribution is 7.15. The number of thiophene rings is 1. The normalized spacial score (nSPS) is 14.8. The zero-order valence-corrected chi connectivity index (χ0v) is 16.2. The lowest BCUT2D eigenvalue weighted by Crippen LogP contribution is -2.25. The number of amides is 1. The van der Waals surface area contributed by atoms with Crippen LogP contribution in [0.3, 0.4) is 0 Å². The Morgan fingerprint density at radius 2 is 2.04 bits per heavy atom. The van der Waals surface area contributed by atoms with Gasteiger partial charge in [0.1, 0.15) is 0 Å². The summed E-state index contributed by atoms with van der Waals surface area (Å²) in [6.07, 6.45) is 5.22. The molecule has 0 radical (unpaired) electrons. The average molecular weight is 371 g/mol. The van der Waals surface area contributed by atoms with Crippen LogP contribution in [-0.4, -0.2) is 49.7 Å². The molecule has 1 aliphatic carbocycles. The van der Waals surface area contributed by atoms with Crippen molar-refractivity contribution >= 4 is 22.8 Å². The molecule has 1 aliphatic rings. The number of carbonyl (C=O) groups is 1. The summed E-state index contributed by atoms with van der Waals surface area (Å²) < 4.78 is 0. The van der Waals surface area contributed by atoms with Gasteiger partial charge in [0.25, 0.3) is 5.91 Å². The molecule has 138 valence electrons. The Hall–Kier alpha value is -1.95. The number of hydrogen-bond acceptors (Lipinski definition) is 4. The molecule has 0 aliphatic heterocycles. The highest BCUT2D eigenvalue weighted by Crippen LogP contribution is 2.38. The lowest BCUT2D eigenvalue weighted by atomic mass is 9.98. The van der Waals surface area contributed by atoms with Gasteiger partial charge in [0.2, 0.25) is 0 Å². The Morgan fingerprint density at radius 3 is 2.81 bits per heavy atom. The molecule has 3 rings (SSSR count). The molecule has 2 aromatic rings. The maximum absolute atomic E-state index is 12.3. The van der Waals surface area contributed by atoms with E-state index in [1.54, 1.807) is 11.3 Å². The van der Waals surface area contributed by atoms with Gasteiger partial charge in [-0.15, -0.1) is 11.3 Å². The second kappa shape index (κ2) is 8.62. The van der Waals surface area contributed by atoms with E-state index in [2.05, 4.69) is 54.7 Å². The maximum Gasteiger partial charge on any atom is 0.261 e. The third-order valence-corrected chi connectivity index (χ3v) is 5.78.